The number of halogens is 1. The number of benzene rings is 2. The second-order valence-corrected chi connectivity index (χ2v) is 8.54. The predicted molar refractivity (Wildman–Crippen MR) is 123 cm³/mol. The lowest BCUT2D eigenvalue weighted by atomic mass is 9.74. The Balaban J connectivity index is 1.40. The lowest BCUT2D eigenvalue weighted by Gasteiger charge is -2.30. The second kappa shape index (κ2) is 8.18. The fraction of sp³-hybridized carbons (Fsp3) is 0.240. The molecule has 2 unspecified atom stereocenters. The summed E-state index contributed by atoms with van der Waals surface area (Å²) in [6.45, 7) is 0.356. The largest absolute Gasteiger partial charge is 0.489 e. The number of aromatic nitrogens is 3. The number of hydrogen-bond acceptors (Lipinski definition) is 4. The summed E-state index contributed by atoms with van der Waals surface area (Å²) in [5.74, 6) is 1.67. The first kappa shape index (κ1) is 20.3. The van der Waals surface area contributed by atoms with E-state index in [9.17, 15) is 10.1 Å². The van der Waals surface area contributed by atoms with Crippen LogP contribution in [0.5, 0.6) is 5.75 Å². The lowest BCUT2D eigenvalue weighted by Crippen LogP contribution is -2.24. The zero-order valence-electron chi connectivity index (χ0n) is 17.5. The van der Waals surface area contributed by atoms with Crippen molar-refractivity contribution in [2.45, 2.75) is 25.4 Å². The number of fused-ring (bicyclic) bond motifs is 1. The molecule has 1 fully saturated rings. The van der Waals surface area contributed by atoms with Gasteiger partial charge in [0.05, 0.1) is 28.7 Å². The molecule has 32 heavy (non-hydrogen) atoms. The highest BCUT2D eigenvalue weighted by Gasteiger charge is 2.35. The fourth-order valence-electron chi connectivity index (χ4n) is 4.15. The van der Waals surface area contributed by atoms with Crippen molar-refractivity contribution in [1.29, 1.82) is 5.26 Å². The van der Waals surface area contributed by atoms with Gasteiger partial charge in [-0.1, -0.05) is 23.7 Å². The fourth-order valence-corrected chi connectivity index (χ4v) is 4.28. The molecule has 1 aliphatic rings. The first-order valence-corrected chi connectivity index (χ1v) is 10.9. The molecular formula is C25H21ClN4O2. The highest BCUT2D eigenvalue weighted by Crippen LogP contribution is 2.42. The maximum atomic E-state index is 12.8. The van der Waals surface area contributed by atoms with Crippen LogP contribution in [0, 0.1) is 17.2 Å². The smallest absolute Gasteiger partial charge is 0.258 e. The van der Waals surface area contributed by atoms with E-state index < -0.39 is 0 Å². The zero-order chi connectivity index (χ0) is 22.2. The van der Waals surface area contributed by atoms with Crippen molar-refractivity contribution < 1.29 is 4.74 Å². The van der Waals surface area contributed by atoms with Gasteiger partial charge >= 0.3 is 0 Å². The molecule has 2 atom stereocenters. The van der Waals surface area contributed by atoms with Crippen molar-refractivity contribution in [3.05, 3.63) is 87.6 Å². The monoisotopic (exact) mass is 444 g/mol. The van der Waals surface area contributed by atoms with Crippen LogP contribution >= 0.6 is 11.6 Å². The van der Waals surface area contributed by atoms with Crippen LogP contribution in [-0.4, -0.2) is 14.1 Å². The van der Waals surface area contributed by atoms with Gasteiger partial charge in [0.25, 0.3) is 5.56 Å². The molecule has 0 radical (unpaired) electrons. The summed E-state index contributed by atoms with van der Waals surface area (Å²) in [6, 6.07) is 18.8. The van der Waals surface area contributed by atoms with E-state index in [2.05, 4.69) is 6.07 Å². The van der Waals surface area contributed by atoms with Crippen molar-refractivity contribution in [1.82, 2.24) is 14.1 Å². The van der Waals surface area contributed by atoms with Gasteiger partial charge in [-0.3, -0.25) is 9.36 Å². The van der Waals surface area contributed by atoms with Crippen LogP contribution in [-0.2, 0) is 13.7 Å². The average molecular weight is 445 g/mol. The van der Waals surface area contributed by atoms with Crippen molar-refractivity contribution in [3.63, 3.8) is 0 Å². The lowest BCUT2D eigenvalue weighted by molar-refractivity contribution is 0.305. The molecule has 0 spiro atoms. The molecule has 1 aliphatic carbocycles. The molecule has 1 saturated carbocycles. The molecule has 7 heteroatoms. The van der Waals surface area contributed by atoms with Gasteiger partial charge in [-0.05, 0) is 54.8 Å². The minimum absolute atomic E-state index is 0.0352. The van der Waals surface area contributed by atoms with Gasteiger partial charge in [-0.15, -0.1) is 0 Å². The van der Waals surface area contributed by atoms with E-state index in [0.29, 0.717) is 17.4 Å². The minimum atomic E-state index is -0.177. The molecule has 6 nitrogen and oxygen atoms in total. The number of rotatable bonds is 5. The number of imidazole rings is 1. The zero-order valence-corrected chi connectivity index (χ0v) is 18.3. The first-order valence-electron chi connectivity index (χ1n) is 10.5. The molecule has 0 saturated heterocycles. The Hall–Kier alpha value is -3.56. The molecule has 0 bridgehead atoms. The third-order valence-electron chi connectivity index (χ3n) is 6.16. The Morgan fingerprint density at radius 2 is 1.97 bits per heavy atom. The highest BCUT2D eigenvalue weighted by atomic mass is 35.5. The van der Waals surface area contributed by atoms with E-state index in [1.165, 1.54) is 6.07 Å². The molecular weight excluding hydrogens is 424 g/mol. The van der Waals surface area contributed by atoms with Crippen LogP contribution in [0.25, 0.3) is 16.7 Å². The number of nitriles is 1. The average Bonchev–Trinajstić information content (AvgIpc) is 3.08. The van der Waals surface area contributed by atoms with Crippen molar-refractivity contribution in [2.24, 2.45) is 13.0 Å². The Morgan fingerprint density at radius 3 is 2.66 bits per heavy atom. The molecule has 160 valence electrons. The van der Waals surface area contributed by atoms with Gasteiger partial charge in [-0.2, -0.15) is 5.26 Å². The van der Waals surface area contributed by atoms with Crippen LogP contribution in [0.15, 0.2) is 65.6 Å². The van der Waals surface area contributed by atoms with Crippen LogP contribution < -0.4 is 10.3 Å². The maximum absolute atomic E-state index is 12.8. The Labute approximate surface area is 190 Å². The number of nitrogens with zero attached hydrogens (tertiary/aromatic N) is 4. The van der Waals surface area contributed by atoms with Gasteiger partial charge in [0, 0.05) is 30.3 Å². The highest BCUT2D eigenvalue weighted by molar-refractivity contribution is 6.30. The molecule has 0 aliphatic heterocycles. The van der Waals surface area contributed by atoms with E-state index in [1.54, 1.807) is 16.8 Å². The van der Waals surface area contributed by atoms with Crippen LogP contribution in [0.1, 0.15) is 30.1 Å². The molecule has 2 aromatic heterocycles. The van der Waals surface area contributed by atoms with Crippen LogP contribution in [0.2, 0.25) is 5.02 Å². The second-order valence-electron chi connectivity index (χ2n) is 8.11. The number of pyridine rings is 1. The quantitative estimate of drug-likeness (QED) is 0.435. The van der Waals surface area contributed by atoms with E-state index in [4.69, 9.17) is 21.3 Å². The van der Waals surface area contributed by atoms with E-state index in [0.717, 1.165) is 41.0 Å². The SMILES string of the molecule is Cn1c(C2CCC2C#N)nc2ccc(-n3ccc(OCc4ccc(Cl)cc4)cc3=O)cc21. The summed E-state index contributed by atoms with van der Waals surface area (Å²) in [7, 11) is 1.97. The number of aryl methyl sites for hydroxylation is 1. The van der Waals surface area contributed by atoms with Crippen molar-refractivity contribution in [3.8, 4) is 17.5 Å². The number of hydrogen-bond donors (Lipinski definition) is 0. The van der Waals surface area contributed by atoms with Gasteiger partial charge in [0.2, 0.25) is 0 Å². The van der Waals surface area contributed by atoms with Crippen LogP contribution in [0.4, 0.5) is 0 Å². The topological polar surface area (TPSA) is 72.8 Å². The van der Waals surface area contributed by atoms with E-state index in [1.807, 2.05) is 54.1 Å². The molecule has 0 amide bonds. The molecule has 4 aromatic rings. The van der Waals surface area contributed by atoms with Gasteiger partial charge in [-0.25, -0.2) is 4.98 Å². The molecule has 2 heterocycles. The van der Waals surface area contributed by atoms with Crippen molar-refractivity contribution in [2.75, 3.05) is 0 Å². The summed E-state index contributed by atoms with van der Waals surface area (Å²) >= 11 is 5.91. The molecule has 0 N–H and O–H groups in total. The summed E-state index contributed by atoms with van der Waals surface area (Å²) in [5, 5.41) is 9.98. The third-order valence-corrected chi connectivity index (χ3v) is 6.41. The van der Waals surface area contributed by atoms with Gasteiger partial charge in [0.15, 0.2) is 0 Å². The third kappa shape index (κ3) is 3.65. The minimum Gasteiger partial charge on any atom is -0.489 e. The van der Waals surface area contributed by atoms with E-state index >= 15 is 0 Å². The summed E-state index contributed by atoms with van der Waals surface area (Å²) < 4.78 is 9.39. The summed E-state index contributed by atoms with van der Waals surface area (Å²) in [5.41, 5.74) is 3.36. The summed E-state index contributed by atoms with van der Waals surface area (Å²) in [4.78, 5) is 17.5. The Morgan fingerprint density at radius 1 is 1.16 bits per heavy atom. The molecule has 2 aromatic carbocycles. The van der Waals surface area contributed by atoms with Crippen molar-refractivity contribution >= 4 is 22.6 Å². The Bertz CT molecular complexity index is 1400. The maximum Gasteiger partial charge on any atom is 0.258 e. The predicted octanol–water partition coefficient (Wildman–Crippen LogP) is 4.97. The first-order chi connectivity index (χ1) is 15.5. The molecule has 5 rings (SSSR count). The Kier molecular flexibility index (Phi) is 5.20. The van der Waals surface area contributed by atoms with Crippen LogP contribution in [0.3, 0.4) is 0 Å². The van der Waals surface area contributed by atoms with Gasteiger partial charge < -0.3 is 9.30 Å². The standard InChI is InChI=1S/C25H21ClN4O2/c1-29-23-12-19(7-9-22(23)28-25(29)21-8-4-17(21)14-27)30-11-10-20(13-24(30)31)32-15-16-2-5-18(26)6-3-16/h2-3,5-7,9-13,17,21H,4,8,15H2,1H3. The number of ether oxygens (including phenoxy) is 1. The summed E-state index contributed by atoms with van der Waals surface area (Å²) in [6.07, 6.45) is 3.63. The van der Waals surface area contributed by atoms with E-state index in [-0.39, 0.29) is 17.4 Å². The van der Waals surface area contributed by atoms with Gasteiger partial charge in [0.1, 0.15) is 18.2 Å². The normalized spacial score (nSPS) is 17.7.